The van der Waals surface area contributed by atoms with Gasteiger partial charge < -0.3 is 5.32 Å². The highest BCUT2D eigenvalue weighted by Gasteiger charge is 2.25. The lowest BCUT2D eigenvalue weighted by molar-refractivity contribution is -0.115. The largest absolute Gasteiger partial charge is 0.323 e. The van der Waals surface area contributed by atoms with Gasteiger partial charge in [0.1, 0.15) is 5.03 Å². The first-order valence-corrected chi connectivity index (χ1v) is 5.11. The topological polar surface area (TPSA) is 42.0 Å². The van der Waals surface area contributed by atoms with Crippen LogP contribution < -0.4 is 5.32 Å². The van der Waals surface area contributed by atoms with E-state index in [1.165, 1.54) is 0 Å². The van der Waals surface area contributed by atoms with E-state index in [0.29, 0.717) is 0 Å². The van der Waals surface area contributed by atoms with Gasteiger partial charge in [-0.1, -0.05) is 18.7 Å². The van der Waals surface area contributed by atoms with Gasteiger partial charge in [-0.2, -0.15) is 0 Å². The molecule has 0 aromatic carbocycles. The Kier molecular flexibility index (Phi) is 2.22. The van der Waals surface area contributed by atoms with Crippen LogP contribution in [0, 0.1) is 0 Å². The van der Waals surface area contributed by atoms with E-state index < -0.39 is 0 Å². The Labute approximate surface area is 80.9 Å². The fourth-order valence-corrected chi connectivity index (χ4v) is 2.22. The van der Waals surface area contributed by atoms with Crippen LogP contribution in [0.5, 0.6) is 0 Å². The van der Waals surface area contributed by atoms with Crippen molar-refractivity contribution in [3.8, 4) is 0 Å². The minimum atomic E-state index is 0.0161. The second-order valence-electron chi connectivity index (χ2n) is 2.86. The molecule has 0 bridgehead atoms. The lowest BCUT2D eigenvalue weighted by atomic mass is 10.3. The van der Waals surface area contributed by atoms with E-state index in [0.717, 1.165) is 17.1 Å². The normalized spacial score (nSPS) is 20.7. The molecule has 1 N–H and O–H groups in total. The van der Waals surface area contributed by atoms with Crippen LogP contribution >= 0.6 is 11.8 Å². The number of carbonyl (C=O) groups is 1. The molecule has 1 amide bonds. The van der Waals surface area contributed by atoms with Crippen LogP contribution in [-0.4, -0.2) is 16.1 Å². The van der Waals surface area contributed by atoms with Crippen LogP contribution in [0.2, 0.25) is 0 Å². The fraction of sp³-hybridized carbons (Fsp3) is 0.333. The lowest BCUT2D eigenvalue weighted by Crippen LogP contribution is -2.28. The molecule has 2 rings (SSSR count). The van der Waals surface area contributed by atoms with Crippen LogP contribution in [0.1, 0.15) is 13.3 Å². The number of amides is 1. The second kappa shape index (κ2) is 3.38. The van der Waals surface area contributed by atoms with Gasteiger partial charge in [-0.25, -0.2) is 4.98 Å². The summed E-state index contributed by atoms with van der Waals surface area (Å²) < 4.78 is 0. The molecule has 4 heteroatoms. The van der Waals surface area contributed by atoms with E-state index in [1.54, 1.807) is 18.0 Å². The predicted octanol–water partition coefficient (Wildman–Crippen LogP) is 1.90. The van der Waals surface area contributed by atoms with Gasteiger partial charge in [0.25, 0.3) is 0 Å². The molecule has 0 aliphatic carbocycles. The average molecular weight is 194 g/mol. The molecule has 2 heterocycles. The summed E-state index contributed by atoms with van der Waals surface area (Å²) in [6.45, 7) is 2.01. The van der Waals surface area contributed by atoms with Crippen molar-refractivity contribution >= 4 is 23.4 Å². The highest BCUT2D eigenvalue weighted by molar-refractivity contribution is 8.00. The smallest absolute Gasteiger partial charge is 0.237 e. The van der Waals surface area contributed by atoms with E-state index in [2.05, 4.69) is 10.3 Å². The van der Waals surface area contributed by atoms with Gasteiger partial charge in [-0.05, 0) is 18.6 Å². The van der Waals surface area contributed by atoms with Crippen molar-refractivity contribution in [2.24, 2.45) is 0 Å². The maximum absolute atomic E-state index is 11.4. The Morgan fingerprint density at radius 2 is 2.54 bits per heavy atom. The van der Waals surface area contributed by atoms with Crippen LogP contribution in [-0.2, 0) is 4.79 Å². The number of nitrogens with one attached hydrogen (secondary N) is 1. The Hall–Kier alpha value is -1.03. The van der Waals surface area contributed by atoms with E-state index in [9.17, 15) is 4.79 Å². The molecule has 3 nitrogen and oxygen atoms in total. The Morgan fingerprint density at radius 1 is 1.69 bits per heavy atom. The SMILES string of the molecule is CCC1Sc2ncccc2NC1=O. The van der Waals surface area contributed by atoms with Crippen molar-refractivity contribution < 1.29 is 4.79 Å². The standard InChI is InChI=1S/C9H10N2OS/c1-2-7-8(12)11-6-4-3-5-10-9(6)13-7/h3-5,7H,2H2,1H3,(H,11,12). The molecule has 1 aliphatic heterocycles. The molecule has 0 fully saturated rings. The van der Waals surface area contributed by atoms with Crippen molar-refractivity contribution in [2.75, 3.05) is 5.32 Å². The molecule has 0 saturated heterocycles. The monoisotopic (exact) mass is 194 g/mol. The highest BCUT2D eigenvalue weighted by Crippen LogP contribution is 2.34. The molecular weight excluding hydrogens is 184 g/mol. The zero-order valence-electron chi connectivity index (χ0n) is 7.28. The van der Waals surface area contributed by atoms with E-state index in [-0.39, 0.29) is 11.2 Å². The molecule has 0 radical (unpaired) electrons. The van der Waals surface area contributed by atoms with Gasteiger partial charge in [-0.15, -0.1) is 0 Å². The molecule has 13 heavy (non-hydrogen) atoms. The second-order valence-corrected chi connectivity index (χ2v) is 4.05. The molecule has 1 aliphatic rings. The van der Waals surface area contributed by atoms with Crippen LogP contribution in [0.3, 0.4) is 0 Å². The summed E-state index contributed by atoms with van der Waals surface area (Å²) in [6, 6.07) is 3.70. The van der Waals surface area contributed by atoms with Gasteiger partial charge in [0.15, 0.2) is 0 Å². The zero-order valence-corrected chi connectivity index (χ0v) is 8.10. The van der Waals surface area contributed by atoms with Crippen LogP contribution in [0.4, 0.5) is 5.69 Å². The molecule has 1 aromatic rings. The van der Waals surface area contributed by atoms with Gasteiger partial charge >= 0.3 is 0 Å². The maximum Gasteiger partial charge on any atom is 0.237 e. The summed E-state index contributed by atoms with van der Waals surface area (Å²) in [7, 11) is 0. The number of fused-ring (bicyclic) bond motifs is 1. The minimum Gasteiger partial charge on any atom is -0.323 e. The predicted molar refractivity (Wildman–Crippen MR) is 52.8 cm³/mol. The Balaban J connectivity index is 2.33. The number of anilines is 1. The quantitative estimate of drug-likeness (QED) is 0.742. The number of nitrogens with zero attached hydrogens (tertiary/aromatic N) is 1. The van der Waals surface area contributed by atoms with Crippen LogP contribution in [0.25, 0.3) is 0 Å². The number of pyridine rings is 1. The first-order valence-electron chi connectivity index (χ1n) is 4.24. The minimum absolute atomic E-state index is 0.0161. The summed E-state index contributed by atoms with van der Waals surface area (Å²) in [6.07, 6.45) is 2.59. The lowest BCUT2D eigenvalue weighted by Gasteiger charge is -2.21. The molecule has 1 aromatic heterocycles. The molecule has 68 valence electrons. The third-order valence-corrected chi connectivity index (χ3v) is 3.33. The van der Waals surface area contributed by atoms with Gasteiger partial charge in [0.05, 0.1) is 10.9 Å². The van der Waals surface area contributed by atoms with E-state index >= 15 is 0 Å². The fourth-order valence-electron chi connectivity index (χ4n) is 1.25. The Bertz CT molecular complexity index is 340. The zero-order chi connectivity index (χ0) is 9.26. The van der Waals surface area contributed by atoms with Crippen molar-refractivity contribution in [3.63, 3.8) is 0 Å². The van der Waals surface area contributed by atoms with E-state index in [4.69, 9.17) is 0 Å². The summed E-state index contributed by atoms with van der Waals surface area (Å²) in [5.74, 6) is 0.0907. The first kappa shape index (κ1) is 8.56. The maximum atomic E-state index is 11.4. The average Bonchev–Trinajstić information content (AvgIpc) is 2.17. The summed E-state index contributed by atoms with van der Waals surface area (Å²) in [5, 5.41) is 3.78. The van der Waals surface area contributed by atoms with E-state index in [1.807, 2.05) is 19.1 Å². The number of aromatic nitrogens is 1. The van der Waals surface area contributed by atoms with Crippen LogP contribution in [0.15, 0.2) is 23.4 Å². The van der Waals surface area contributed by atoms with Crippen molar-refractivity contribution in [2.45, 2.75) is 23.6 Å². The summed E-state index contributed by atoms with van der Waals surface area (Å²) in [4.78, 5) is 15.6. The number of thioether (sulfide) groups is 1. The summed E-state index contributed by atoms with van der Waals surface area (Å²) in [5.41, 5.74) is 0.835. The molecule has 1 atom stereocenters. The highest BCUT2D eigenvalue weighted by atomic mass is 32.2. The number of hydrogen-bond donors (Lipinski definition) is 1. The molecule has 0 saturated carbocycles. The van der Waals surface area contributed by atoms with Gasteiger partial charge in [0.2, 0.25) is 5.91 Å². The van der Waals surface area contributed by atoms with Crippen molar-refractivity contribution in [3.05, 3.63) is 18.3 Å². The number of carbonyl (C=O) groups excluding carboxylic acids is 1. The van der Waals surface area contributed by atoms with Gasteiger partial charge in [0, 0.05) is 6.20 Å². The summed E-state index contributed by atoms with van der Waals surface area (Å²) >= 11 is 1.54. The Morgan fingerprint density at radius 3 is 3.31 bits per heavy atom. The number of rotatable bonds is 1. The molecule has 0 spiro atoms. The first-order chi connectivity index (χ1) is 6.31. The van der Waals surface area contributed by atoms with Crippen molar-refractivity contribution in [1.29, 1.82) is 0 Å². The van der Waals surface area contributed by atoms with Gasteiger partial charge in [-0.3, -0.25) is 4.79 Å². The third-order valence-electron chi connectivity index (χ3n) is 1.95. The van der Waals surface area contributed by atoms with Crippen molar-refractivity contribution in [1.82, 2.24) is 4.98 Å². The number of hydrogen-bond acceptors (Lipinski definition) is 3. The molecular formula is C9H10N2OS. The third kappa shape index (κ3) is 1.54. The molecule has 1 unspecified atom stereocenters.